The molecule has 0 radical (unpaired) electrons. The highest BCUT2D eigenvalue weighted by atomic mass is 35.5. The molecule has 0 aliphatic carbocycles. The van der Waals surface area contributed by atoms with Crippen molar-refractivity contribution in [1.82, 2.24) is 0 Å². The van der Waals surface area contributed by atoms with Gasteiger partial charge in [0, 0.05) is 15.6 Å². The summed E-state index contributed by atoms with van der Waals surface area (Å²) in [7, 11) is -1.20. The number of anilines is 1. The molecule has 2 N–H and O–H groups in total. The highest BCUT2D eigenvalue weighted by Crippen LogP contribution is 2.27. The second-order valence-electron chi connectivity index (χ2n) is 3.38. The summed E-state index contributed by atoms with van der Waals surface area (Å²) in [5.41, 5.74) is 6.27. The first-order valence-corrected chi connectivity index (χ1v) is 7.63. The van der Waals surface area contributed by atoms with Gasteiger partial charge in [-0.3, -0.25) is 4.21 Å². The molecule has 17 heavy (non-hydrogen) atoms. The largest absolute Gasteiger partial charge is 0.398 e. The highest BCUT2D eigenvalue weighted by Gasteiger charge is 2.11. The Balaban J connectivity index is 2.22. The van der Waals surface area contributed by atoms with Crippen molar-refractivity contribution < 1.29 is 4.21 Å². The normalized spacial score (nSPS) is 12.6. The van der Waals surface area contributed by atoms with Crippen LogP contribution in [-0.2, 0) is 16.6 Å². The highest BCUT2D eigenvalue weighted by molar-refractivity contribution is 7.84. The van der Waals surface area contributed by atoms with Gasteiger partial charge in [-0.1, -0.05) is 23.2 Å². The first kappa shape index (κ1) is 12.9. The molecule has 1 unspecified atom stereocenters. The van der Waals surface area contributed by atoms with E-state index in [1.165, 1.54) is 11.3 Å². The summed E-state index contributed by atoms with van der Waals surface area (Å²) in [4.78, 5) is 1.54. The van der Waals surface area contributed by atoms with Crippen molar-refractivity contribution >= 4 is 51.0 Å². The van der Waals surface area contributed by atoms with Crippen LogP contribution in [0.5, 0.6) is 0 Å². The van der Waals surface area contributed by atoms with Crippen LogP contribution in [0.1, 0.15) is 4.88 Å². The summed E-state index contributed by atoms with van der Waals surface area (Å²) in [6, 6.07) is 8.64. The fraction of sp³-hybridized carbons (Fsp3) is 0.0909. The van der Waals surface area contributed by atoms with Crippen LogP contribution < -0.4 is 5.73 Å². The molecule has 0 spiro atoms. The van der Waals surface area contributed by atoms with Crippen LogP contribution in [0.15, 0.2) is 35.2 Å². The molecule has 0 aliphatic rings. The van der Waals surface area contributed by atoms with Crippen LogP contribution in [0.3, 0.4) is 0 Å². The molecule has 1 aromatic carbocycles. The quantitative estimate of drug-likeness (QED) is 0.873. The molecule has 2 aromatic rings. The van der Waals surface area contributed by atoms with Crippen molar-refractivity contribution in [3.63, 3.8) is 0 Å². The summed E-state index contributed by atoms with van der Waals surface area (Å²) in [5, 5.41) is 0.534. The summed E-state index contributed by atoms with van der Waals surface area (Å²) in [6.45, 7) is 0. The van der Waals surface area contributed by atoms with Crippen LogP contribution in [0.4, 0.5) is 5.69 Å². The Morgan fingerprint density at radius 3 is 2.65 bits per heavy atom. The minimum Gasteiger partial charge on any atom is -0.398 e. The van der Waals surface area contributed by atoms with Gasteiger partial charge in [0.15, 0.2) is 0 Å². The van der Waals surface area contributed by atoms with E-state index in [2.05, 4.69) is 0 Å². The minimum atomic E-state index is -1.20. The maximum Gasteiger partial charge on any atom is 0.0931 e. The first-order chi connectivity index (χ1) is 8.06. The third-order valence-electron chi connectivity index (χ3n) is 2.12. The van der Waals surface area contributed by atoms with Gasteiger partial charge in [-0.2, -0.15) is 0 Å². The zero-order chi connectivity index (χ0) is 12.4. The zero-order valence-corrected chi connectivity index (χ0v) is 11.8. The molecule has 2 nitrogen and oxygen atoms in total. The molecule has 1 atom stereocenters. The van der Waals surface area contributed by atoms with E-state index < -0.39 is 10.8 Å². The molecule has 2 rings (SSSR count). The van der Waals surface area contributed by atoms with Crippen molar-refractivity contribution in [3.05, 3.63) is 44.6 Å². The Morgan fingerprint density at radius 1 is 1.24 bits per heavy atom. The van der Waals surface area contributed by atoms with Crippen molar-refractivity contribution in [2.75, 3.05) is 5.73 Å². The van der Waals surface area contributed by atoms with Crippen LogP contribution >= 0.6 is 34.5 Å². The lowest BCUT2D eigenvalue weighted by Gasteiger charge is -2.05. The van der Waals surface area contributed by atoms with Crippen molar-refractivity contribution in [1.29, 1.82) is 0 Å². The van der Waals surface area contributed by atoms with Crippen LogP contribution in [0.2, 0.25) is 9.36 Å². The lowest BCUT2D eigenvalue weighted by atomic mass is 10.3. The number of nitrogens with two attached hydrogens (primary N) is 1. The number of benzene rings is 1. The van der Waals surface area contributed by atoms with Gasteiger partial charge in [0.1, 0.15) is 0 Å². The van der Waals surface area contributed by atoms with Gasteiger partial charge in [-0.25, -0.2) is 0 Å². The predicted octanol–water partition coefficient (Wildman–Crippen LogP) is 3.94. The van der Waals surface area contributed by atoms with Gasteiger partial charge in [0.25, 0.3) is 0 Å². The van der Waals surface area contributed by atoms with E-state index in [-0.39, 0.29) is 0 Å². The van der Waals surface area contributed by atoms with Crippen molar-refractivity contribution in [2.24, 2.45) is 0 Å². The number of thiophene rings is 1. The van der Waals surface area contributed by atoms with Crippen molar-refractivity contribution in [2.45, 2.75) is 10.6 Å². The maximum atomic E-state index is 12.1. The van der Waals surface area contributed by atoms with Gasteiger partial charge in [-0.15, -0.1) is 11.3 Å². The van der Waals surface area contributed by atoms with Gasteiger partial charge < -0.3 is 5.73 Å². The third kappa shape index (κ3) is 3.22. The van der Waals surface area contributed by atoms with E-state index in [1.807, 2.05) is 6.07 Å². The monoisotopic (exact) mass is 305 g/mol. The Kier molecular flexibility index (Phi) is 4.09. The smallest absolute Gasteiger partial charge is 0.0931 e. The van der Waals surface area contributed by atoms with E-state index in [9.17, 15) is 4.21 Å². The second-order valence-corrected chi connectivity index (χ2v) is 7.03. The summed E-state index contributed by atoms with van der Waals surface area (Å²) >= 11 is 13.1. The lowest BCUT2D eigenvalue weighted by Crippen LogP contribution is -1.99. The molecule has 0 saturated heterocycles. The molecule has 0 fully saturated rings. The molecule has 0 bridgehead atoms. The molecular weight excluding hydrogens is 297 g/mol. The fourth-order valence-electron chi connectivity index (χ4n) is 1.34. The third-order valence-corrected chi connectivity index (χ3v) is 5.19. The Bertz CT molecular complexity index is 568. The predicted molar refractivity (Wildman–Crippen MR) is 75.3 cm³/mol. The lowest BCUT2D eigenvalue weighted by molar-refractivity contribution is 0.683. The van der Waals surface area contributed by atoms with E-state index in [4.69, 9.17) is 28.9 Å². The van der Waals surface area contributed by atoms with Gasteiger partial charge >= 0.3 is 0 Å². The number of nitrogen functional groups attached to an aromatic ring is 1. The van der Waals surface area contributed by atoms with Crippen LogP contribution in [0, 0.1) is 0 Å². The molecule has 0 saturated carbocycles. The van der Waals surface area contributed by atoms with Gasteiger partial charge in [0.05, 0.1) is 25.8 Å². The van der Waals surface area contributed by atoms with Crippen LogP contribution in [0.25, 0.3) is 0 Å². The van der Waals surface area contributed by atoms with Crippen LogP contribution in [-0.4, -0.2) is 4.21 Å². The number of rotatable bonds is 3. The Hall–Kier alpha value is -0.550. The van der Waals surface area contributed by atoms with Gasteiger partial charge in [-0.05, 0) is 30.3 Å². The second kappa shape index (κ2) is 5.40. The van der Waals surface area contributed by atoms with E-state index in [0.717, 1.165) is 4.88 Å². The Morgan fingerprint density at radius 2 is 2.00 bits per heavy atom. The summed E-state index contributed by atoms with van der Waals surface area (Å²) in [6.07, 6.45) is 0. The zero-order valence-electron chi connectivity index (χ0n) is 8.65. The molecule has 1 aromatic heterocycles. The standard InChI is InChI=1S/C11H9Cl2NOS2/c12-7-1-3-9(14)10(5-7)17(15)6-8-2-4-11(13)16-8/h1-5H,6,14H2. The van der Waals surface area contributed by atoms with E-state index >= 15 is 0 Å². The molecule has 1 heterocycles. The summed E-state index contributed by atoms with van der Waals surface area (Å²) in [5.74, 6) is 0.405. The molecule has 0 amide bonds. The number of halogens is 2. The first-order valence-electron chi connectivity index (χ1n) is 4.74. The SMILES string of the molecule is Nc1ccc(Cl)cc1S(=O)Cc1ccc(Cl)s1. The van der Waals surface area contributed by atoms with E-state index in [1.54, 1.807) is 24.3 Å². The molecular formula is C11H9Cl2NOS2. The number of hydrogen-bond donors (Lipinski definition) is 1. The Labute approximate surface area is 116 Å². The molecule has 6 heteroatoms. The molecule has 0 aliphatic heterocycles. The minimum absolute atomic E-state index is 0.405. The average Bonchev–Trinajstić information content (AvgIpc) is 2.67. The average molecular weight is 306 g/mol. The fourth-order valence-corrected chi connectivity index (χ4v) is 4.12. The van der Waals surface area contributed by atoms with E-state index in [0.29, 0.717) is 25.7 Å². The maximum absolute atomic E-state index is 12.1. The summed E-state index contributed by atoms with van der Waals surface area (Å²) < 4.78 is 12.8. The molecule has 90 valence electrons. The van der Waals surface area contributed by atoms with Gasteiger partial charge in [0.2, 0.25) is 0 Å². The topological polar surface area (TPSA) is 43.1 Å². The number of hydrogen-bond acceptors (Lipinski definition) is 3. The van der Waals surface area contributed by atoms with Crippen molar-refractivity contribution in [3.8, 4) is 0 Å².